The van der Waals surface area contributed by atoms with Crippen molar-refractivity contribution < 1.29 is 61.3 Å². The molecule has 0 N–H and O–H groups in total. The molecule has 0 amide bonds. The fourth-order valence-corrected chi connectivity index (χ4v) is 16.0. The van der Waals surface area contributed by atoms with Crippen molar-refractivity contribution in [3.05, 3.63) is 288 Å². The van der Waals surface area contributed by atoms with E-state index in [1.165, 1.54) is 13.2 Å². The summed E-state index contributed by atoms with van der Waals surface area (Å²) in [4.78, 5) is 13.2. The second-order valence-electron chi connectivity index (χ2n) is 23.0. The van der Waals surface area contributed by atoms with Crippen LogP contribution in [-0.2, 0) is 101 Å². The Hall–Kier alpha value is -7.25. The zero-order valence-electron chi connectivity index (χ0n) is 50.5. The van der Waals surface area contributed by atoms with Gasteiger partial charge in [0.1, 0.15) is 56.1 Å². The van der Waals surface area contributed by atoms with Crippen LogP contribution in [0.4, 0.5) is 0 Å². The van der Waals surface area contributed by atoms with Gasteiger partial charge in [0.2, 0.25) is 5.79 Å². The maximum absolute atomic E-state index is 13.2. The average molecular weight is 1210 g/mol. The van der Waals surface area contributed by atoms with Gasteiger partial charge in [-0.1, -0.05) is 263 Å². The van der Waals surface area contributed by atoms with E-state index >= 15 is 0 Å². The molecule has 14 heteroatoms. The van der Waals surface area contributed by atoms with Crippen LogP contribution in [0.5, 0.6) is 0 Å². The lowest BCUT2D eigenvalue weighted by Gasteiger charge is -2.48. The van der Waals surface area contributed by atoms with Crippen LogP contribution < -0.4 is 10.4 Å². The van der Waals surface area contributed by atoms with Crippen molar-refractivity contribution in [2.45, 2.75) is 120 Å². The van der Waals surface area contributed by atoms with Crippen LogP contribution in [0.25, 0.3) is 0 Å². The first-order valence-corrected chi connectivity index (χ1v) is 32.0. The Morgan fingerprint density at radius 3 is 1.30 bits per heavy atom. The molecule has 2 heterocycles. The van der Waals surface area contributed by atoms with Crippen LogP contribution in [0.2, 0.25) is 5.04 Å². The topological polar surface area (TPSA) is 128 Å². The van der Waals surface area contributed by atoms with E-state index in [1.54, 1.807) is 6.08 Å². The third-order valence-electron chi connectivity index (χ3n) is 15.8. The number of hydrogen-bond acceptors (Lipinski definition) is 13. The van der Waals surface area contributed by atoms with Gasteiger partial charge in [-0.15, -0.1) is 0 Å². The van der Waals surface area contributed by atoms with E-state index in [0.717, 1.165) is 43.8 Å². The Bertz CT molecular complexity index is 3270. The van der Waals surface area contributed by atoms with Crippen molar-refractivity contribution in [1.82, 2.24) is 0 Å². The van der Waals surface area contributed by atoms with Crippen LogP contribution in [0, 0.1) is 0 Å². The summed E-state index contributed by atoms with van der Waals surface area (Å²) in [5.74, 6) is -2.49. The number of methoxy groups -OCH3 is 1. The summed E-state index contributed by atoms with van der Waals surface area (Å²) in [5, 5.41) is 1.79. The Morgan fingerprint density at radius 2 is 0.864 bits per heavy atom. The number of rotatable bonds is 30. The molecule has 2 saturated heterocycles. The highest BCUT2D eigenvalue weighted by Crippen LogP contribution is 2.44. The molecule has 2 fully saturated rings. The molecular weight excluding hydrogens is 1120 g/mol. The molecule has 0 aliphatic carbocycles. The van der Waals surface area contributed by atoms with E-state index in [2.05, 4.69) is 69.3 Å². The van der Waals surface area contributed by atoms with Crippen molar-refractivity contribution in [1.29, 1.82) is 0 Å². The van der Waals surface area contributed by atoms with Gasteiger partial charge in [-0.2, -0.15) is 0 Å². The van der Waals surface area contributed by atoms with Gasteiger partial charge in [0.15, 0.2) is 6.29 Å². The number of benzene rings is 8. The summed E-state index contributed by atoms with van der Waals surface area (Å²) >= 11 is 0. The van der Waals surface area contributed by atoms with Gasteiger partial charge in [-0.25, -0.2) is 4.79 Å². The quantitative estimate of drug-likeness (QED) is 0.0139. The third-order valence-corrected chi connectivity index (χ3v) is 20.8. The molecule has 0 radical (unpaired) electrons. The van der Waals surface area contributed by atoms with Gasteiger partial charge < -0.3 is 56.5 Å². The first-order valence-electron chi connectivity index (χ1n) is 30.1. The van der Waals surface area contributed by atoms with Crippen LogP contribution >= 0.6 is 0 Å². The molecule has 2 aliphatic heterocycles. The van der Waals surface area contributed by atoms with E-state index in [4.69, 9.17) is 56.5 Å². The van der Waals surface area contributed by atoms with Gasteiger partial charge in [0.25, 0.3) is 8.32 Å². The highest BCUT2D eigenvalue weighted by molar-refractivity contribution is 6.99. The summed E-state index contributed by atoms with van der Waals surface area (Å²) < 4.78 is 84.6. The second-order valence-corrected chi connectivity index (χ2v) is 27.3. The van der Waals surface area contributed by atoms with Crippen LogP contribution in [0.15, 0.2) is 255 Å². The first-order chi connectivity index (χ1) is 43.1. The summed E-state index contributed by atoms with van der Waals surface area (Å²) in [7, 11) is -1.92. The van der Waals surface area contributed by atoms with Gasteiger partial charge in [-0.3, -0.25) is 0 Å². The molecule has 9 atom stereocenters. The lowest BCUT2D eigenvalue weighted by atomic mass is 9.96. The highest BCUT2D eigenvalue weighted by atomic mass is 28.4. The fourth-order valence-electron chi connectivity index (χ4n) is 11.5. The maximum Gasteiger partial charge on any atom is 0.330 e. The standard InChI is InChI=1S/C74H80O13Si/c1-73(2,3)88(62-41-25-11-26-42-62,63-43-27-12-28-44-63)84-53-65-68(80-49-58-33-17-7-18-34-58)71(83-52-61-39-23-10-24-40-61)74(86-65,54-78-55-77-47-56-29-13-5-14-30-56)87-72-70(82-51-60-37-21-9-22-38-60)69(81-50-59-35-19-8-20-36-59)67(64(85-72)45-46-66(75)76-4)79-48-57-31-15-6-16-32-57/h5-46,64-65,67-72H,47-55H2,1-4H3/b46-45+/t64-,65-,67-,68-,69+,70-,71+,72-,74+/m1/s1. The summed E-state index contributed by atoms with van der Waals surface area (Å²) in [6, 6.07) is 80.5. The molecule has 0 unspecified atom stereocenters. The Balaban J connectivity index is 1.12. The number of ether oxygens (including phenoxy) is 11. The van der Waals surface area contributed by atoms with Crippen molar-refractivity contribution in [2.75, 3.05) is 27.1 Å². The van der Waals surface area contributed by atoms with Crippen molar-refractivity contribution >= 4 is 24.7 Å². The van der Waals surface area contributed by atoms with E-state index < -0.39 is 74.1 Å². The molecule has 0 bridgehead atoms. The van der Waals surface area contributed by atoms with Gasteiger partial charge in [0.05, 0.1) is 53.4 Å². The smallest absolute Gasteiger partial charge is 0.330 e. The van der Waals surface area contributed by atoms with Gasteiger partial charge >= 0.3 is 5.97 Å². The zero-order chi connectivity index (χ0) is 60.9. The molecule has 8 aromatic rings. The fraction of sp³-hybridized carbons (Fsp3) is 0.311. The number of carbonyl (C=O) groups is 1. The van der Waals surface area contributed by atoms with Gasteiger partial charge in [-0.05, 0) is 54.9 Å². The minimum Gasteiger partial charge on any atom is -0.466 e. The highest BCUT2D eigenvalue weighted by Gasteiger charge is 2.63. The van der Waals surface area contributed by atoms with Crippen LogP contribution in [-0.4, -0.2) is 96.2 Å². The lowest BCUT2D eigenvalue weighted by molar-refractivity contribution is -0.394. The van der Waals surface area contributed by atoms with Crippen molar-refractivity contribution in [3.63, 3.8) is 0 Å². The Morgan fingerprint density at radius 1 is 0.477 bits per heavy atom. The number of esters is 1. The lowest BCUT2D eigenvalue weighted by Crippen LogP contribution is -2.67. The van der Waals surface area contributed by atoms with Crippen LogP contribution in [0.1, 0.15) is 54.2 Å². The molecule has 0 saturated carbocycles. The number of carbonyl (C=O) groups excluding carboxylic acids is 1. The van der Waals surface area contributed by atoms with Crippen molar-refractivity contribution in [3.8, 4) is 0 Å². The molecular formula is C74H80O13Si. The molecule has 88 heavy (non-hydrogen) atoms. The van der Waals surface area contributed by atoms with Crippen LogP contribution in [0.3, 0.4) is 0 Å². The molecule has 2 aliphatic rings. The summed E-state index contributed by atoms with van der Waals surface area (Å²) in [5.41, 5.74) is 5.52. The van der Waals surface area contributed by atoms with Crippen molar-refractivity contribution in [2.24, 2.45) is 0 Å². The second kappa shape index (κ2) is 31.8. The molecule has 13 nitrogen and oxygen atoms in total. The van der Waals surface area contributed by atoms with E-state index in [0.29, 0.717) is 0 Å². The Labute approximate surface area is 519 Å². The largest absolute Gasteiger partial charge is 0.466 e. The van der Waals surface area contributed by atoms with Gasteiger partial charge in [0, 0.05) is 6.08 Å². The predicted octanol–water partition coefficient (Wildman–Crippen LogP) is 12.2. The molecule has 8 aromatic carbocycles. The SMILES string of the molecule is COC(=O)/C=C/[C@H]1O[C@H](O[C@]2(COCOCc3ccccc3)O[C@H](CO[Si](c3ccccc3)(c3ccccc3)C(C)(C)C)[C@@H](OCc3ccccc3)[C@@H]2OCc2ccccc2)[C@H](OCc2ccccc2)[C@@H](OCc2ccccc2)[C@@H]1OCc1ccccc1. The number of hydrogen-bond donors (Lipinski definition) is 0. The normalized spacial score (nSPS) is 22.2. The molecule has 0 spiro atoms. The minimum absolute atomic E-state index is 0.0374. The Kier molecular flexibility index (Phi) is 23.0. The maximum atomic E-state index is 13.2. The molecule has 458 valence electrons. The average Bonchev–Trinajstić information content (AvgIpc) is 1.37. The monoisotopic (exact) mass is 1200 g/mol. The predicted molar refractivity (Wildman–Crippen MR) is 339 cm³/mol. The van der Waals surface area contributed by atoms with E-state index in [9.17, 15) is 4.79 Å². The summed E-state index contributed by atoms with van der Waals surface area (Å²) in [6.07, 6.45) is -5.16. The minimum atomic E-state index is -3.24. The first kappa shape index (κ1) is 63.8. The zero-order valence-corrected chi connectivity index (χ0v) is 51.5. The third kappa shape index (κ3) is 16.7. The van der Waals surface area contributed by atoms with E-state index in [-0.39, 0.29) is 59.6 Å². The molecule has 0 aromatic heterocycles. The molecule has 10 rings (SSSR count). The van der Waals surface area contributed by atoms with E-state index in [1.807, 2.05) is 194 Å². The summed E-state index contributed by atoms with van der Waals surface area (Å²) in [6.45, 7) is 7.39.